The molecule has 1 atom stereocenters. The van der Waals surface area contributed by atoms with E-state index >= 15 is 0 Å². The van der Waals surface area contributed by atoms with Crippen molar-refractivity contribution in [2.75, 3.05) is 13.1 Å². The van der Waals surface area contributed by atoms with Gasteiger partial charge in [0.25, 0.3) is 5.91 Å². The van der Waals surface area contributed by atoms with Crippen LogP contribution in [-0.4, -0.2) is 45.0 Å². The van der Waals surface area contributed by atoms with Crippen LogP contribution in [0.15, 0.2) is 29.5 Å². The molecule has 1 unspecified atom stereocenters. The fourth-order valence-corrected chi connectivity index (χ4v) is 2.64. The largest absolute Gasteiger partial charge is 0.487 e. The number of hydrogen-bond acceptors (Lipinski definition) is 4. The molecule has 22 heavy (non-hydrogen) atoms. The number of pyridine rings is 1. The van der Waals surface area contributed by atoms with E-state index in [0.29, 0.717) is 23.9 Å². The second-order valence-electron chi connectivity index (χ2n) is 5.10. The summed E-state index contributed by atoms with van der Waals surface area (Å²) in [6.45, 7) is 1.08. The number of carbonyl (C=O) groups excluding carboxylic acids is 1. The molecule has 2 aromatic rings. The first-order chi connectivity index (χ1) is 10.6. The van der Waals surface area contributed by atoms with Gasteiger partial charge < -0.3 is 19.6 Å². The molecule has 116 valence electrons. The summed E-state index contributed by atoms with van der Waals surface area (Å²) >= 11 is 6.03. The van der Waals surface area contributed by atoms with Crippen molar-refractivity contribution in [1.29, 1.82) is 0 Å². The number of H-pyrrole nitrogens is 2. The number of carbonyl (C=O) groups is 1. The molecule has 3 rings (SSSR count). The first-order valence-electron chi connectivity index (χ1n) is 6.96. The van der Waals surface area contributed by atoms with E-state index in [1.165, 1.54) is 12.4 Å². The van der Waals surface area contributed by atoms with E-state index in [4.69, 9.17) is 16.3 Å². The quantitative estimate of drug-likeness (QED) is 0.894. The van der Waals surface area contributed by atoms with Gasteiger partial charge in [-0.15, -0.1) is 0 Å². The molecule has 0 aliphatic carbocycles. The molecular formula is C14H15ClN4O3. The van der Waals surface area contributed by atoms with Gasteiger partial charge in [-0.05, 0) is 12.8 Å². The van der Waals surface area contributed by atoms with Gasteiger partial charge in [-0.25, -0.2) is 4.79 Å². The summed E-state index contributed by atoms with van der Waals surface area (Å²) in [6.07, 6.45) is 6.04. The molecule has 1 fully saturated rings. The monoisotopic (exact) mass is 322 g/mol. The van der Waals surface area contributed by atoms with Gasteiger partial charge in [0.05, 0.1) is 6.54 Å². The van der Waals surface area contributed by atoms with Crippen molar-refractivity contribution in [2.24, 2.45) is 0 Å². The molecule has 2 aromatic heterocycles. The minimum atomic E-state index is -0.392. The SMILES string of the molecule is O=C(c1c[nH]c(=O)[nH]1)N1CCCC(Oc2ccncc2Cl)C1. The summed E-state index contributed by atoms with van der Waals surface area (Å²) in [5, 5.41) is 0.445. The normalized spacial score (nSPS) is 18.2. The molecule has 7 nitrogen and oxygen atoms in total. The number of hydrogen-bond donors (Lipinski definition) is 2. The Kier molecular flexibility index (Phi) is 4.15. The van der Waals surface area contributed by atoms with E-state index in [9.17, 15) is 9.59 Å². The third-order valence-electron chi connectivity index (χ3n) is 3.52. The molecule has 1 saturated heterocycles. The number of aromatic nitrogens is 3. The summed E-state index contributed by atoms with van der Waals surface area (Å²) in [7, 11) is 0. The smallest absolute Gasteiger partial charge is 0.323 e. The molecule has 1 aliphatic heterocycles. The van der Waals surface area contributed by atoms with Gasteiger partial charge in [0.2, 0.25) is 0 Å². The Morgan fingerprint density at radius 3 is 3.09 bits per heavy atom. The van der Waals surface area contributed by atoms with Crippen molar-refractivity contribution in [3.05, 3.63) is 45.9 Å². The third kappa shape index (κ3) is 3.14. The highest BCUT2D eigenvalue weighted by molar-refractivity contribution is 6.31. The Labute approximate surface area is 131 Å². The van der Waals surface area contributed by atoms with Crippen LogP contribution < -0.4 is 10.4 Å². The molecule has 0 spiro atoms. The highest BCUT2D eigenvalue weighted by Crippen LogP contribution is 2.25. The van der Waals surface area contributed by atoms with Gasteiger partial charge >= 0.3 is 5.69 Å². The third-order valence-corrected chi connectivity index (χ3v) is 3.80. The van der Waals surface area contributed by atoms with Crippen LogP contribution in [0.25, 0.3) is 0 Å². The molecule has 0 bridgehead atoms. The van der Waals surface area contributed by atoms with Crippen LogP contribution in [0.5, 0.6) is 5.75 Å². The zero-order valence-electron chi connectivity index (χ0n) is 11.7. The van der Waals surface area contributed by atoms with Crippen molar-refractivity contribution in [3.8, 4) is 5.75 Å². The predicted octanol–water partition coefficient (Wildman–Crippen LogP) is 1.43. The van der Waals surface area contributed by atoms with E-state index in [1.54, 1.807) is 17.2 Å². The summed E-state index contributed by atoms with van der Waals surface area (Å²) in [5.41, 5.74) is -0.135. The molecule has 1 amide bonds. The Balaban J connectivity index is 1.68. The number of halogens is 1. The first-order valence-corrected chi connectivity index (χ1v) is 7.34. The maximum atomic E-state index is 12.3. The standard InChI is InChI=1S/C14H15ClN4O3/c15-10-6-16-4-3-12(10)22-9-2-1-5-19(8-9)13(20)11-7-17-14(21)18-11/h3-4,6-7,9H,1-2,5,8H2,(H2,17,18,21). The van der Waals surface area contributed by atoms with Crippen LogP contribution in [0.4, 0.5) is 0 Å². The van der Waals surface area contributed by atoms with Crippen LogP contribution in [0.1, 0.15) is 23.3 Å². The molecule has 0 aromatic carbocycles. The van der Waals surface area contributed by atoms with Gasteiger partial charge in [-0.2, -0.15) is 0 Å². The minimum Gasteiger partial charge on any atom is -0.487 e. The van der Waals surface area contributed by atoms with E-state index in [-0.39, 0.29) is 17.7 Å². The molecule has 8 heteroatoms. The van der Waals surface area contributed by atoms with Crippen molar-refractivity contribution in [3.63, 3.8) is 0 Å². The molecule has 1 aliphatic rings. The zero-order chi connectivity index (χ0) is 15.5. The Hall–Kier alpha value is -2.28. The number of nitrogens with zero attached hydrogens (tertiary/aromatic N) is 2. The van der Waals surface area contributed by atoms with Crippen molar-refractivity contribution in [1.82, 2.24) is 19.9 Å². The van der Waals surface area contributed by atoms with E-state index < -0.39 is 5.69 Å². The zero-order valence-corrected chi connectivity index (χ0v) is 12.5. The first kappa shape index (κ1) is 14.6. The maximum Gasteiger partial charge on any atom is 0.323 e. The van der Waals surface area contributed by atoms with Crippen molar-refractivity contribution < 1.29 is 9.53 Å². The summed E-state index contributed by atoms with van der Waals surface area (Å²) < 4.78 is 5.86. The highest BCUT2D eigenvalue weighted by atomic mass is 35.5. The van der Waals surface area contributed by atoms with Crippen LogP contribution >= 0.6 is 11.6 Å². The number of piperidine rings is 1. The lowest BCUT2D eigenvalue weighted by atomic mass is 10.1. The fraction of sp³-hybridized carbons (Fsp3) is 0.357. The lowest BCUT2D eigenvalue weighted by Crippen LogP contribution is -2.44. The van der Waals surface area contributed by atoms with Gasteiger partial charge in [0, 0.05) is 31.2 Å². The van der Waals surface area contributed by atoms with Crippen LogP contribution in [0.2, 0.25) is 5.02 Å². The van der Waals surface area contributed by atoms with Gasteiger partial charge in [0.15, 0.2) is 0 Å². The number of likely N-dealkylation sites (tertiary alicyclic amines) is 1. The Morgan fingerprint density at radius 1 is 1.50 bits per heavy atom. The molecule has 0 radical (unpaired) electrons. The number of nitrogens with one attached hydrogen (secondary N) is 2. The van der Waals surface area contributed by atoms with Crippen molar-refractivity contribution in [2.45, 2.75) is 18.9 Å². The van der Waals surface area contributed by atoms with Gasteiger partial charge in [-0.3, -0.25) is 9.78 Å². The highest BCUT2D eigenvalue weighted by Gasteiger charge is 2.26. The average Bonchev–Trinajstić information content (AvgIpc) is 2.96. The van der Waals surface area contributed by atoms with E-state index in [2.05, 4.69) is 15.0 Å². The van der Waals surface area contributed by atoms with Gasteiger partial charge in [0.1, 0.15) is 22.6 Å². The Morgan fingerprint density at radius 2 is 2.36 bits per heavy atom. The lowest BCUT2D eigenvalue weighted by Gasteiger charge is -2.32. The van der Waals surface area contributed by atoms with E-state index in [1.807, 2.05) is 0 Å². The maximum absolute atomic E-state index is 12.3. The predicted molar refractivity (Wildman–Crippen MR) is 80.2 cm³/mol. The molecule has 0 saturated carbocycles. The Bertz CT molecular complexity index is 727. The number of ether oxygens (including phenoxy) is 1. The van der Waals surface area contributed by atoms with Crippen LogP contribution in [0.3, 0.4) is 0 Å². The van der Waals surface area contributed by atoms with Crippen molar-refractivity contribution >= 4 is 17.5 Å². The summed E-state index contributed by atoms with van der Waals surface area (Å²) in [6, 6.07) is 1.70. The van der Waals surface area contributed by atoms with E-state index in [0.717, 1.165) is 12.8 Å². The lowest BCUT2D eigenvalue weighted by molar-refractivity contribution is 0.0533. The molecule has 3 heterocycles. The summed E-state index contributed by atoms with van der Waals surface area (Å²) in [5.74, 6) is 0.346. The fourth-order valence-electron chi connectivity index (χ4n) is 2.47. The molecular weight excluding hydrogens is 308 g/mol. The minimum absolute atomic E-state index is 0.136. The second-order valence-corrected chi connectivity index (χ2v) is 5.50. The van der Waals surface area contributed by atoms with Crippen LogP contribution in [-0.2, 0) is 0 Å². The second kappa shape index (κ2) is 6.23. The van der Waals surface area contributed by atoms with Gasteiger partial charge in [-0.1, -0.05) is 11.6 Å². The number of imidazole rings is 1. The average molecular weight is 323 g/mol. The number of rotatable bonds is 3. The van der Waals surface area contributed by atoms with Crippen LogP contribution in [0, 0.1) is 0 Å². The summed E-state index contributed by atoms with van der Waals surface area (Å²) in [4.78, 5) is 33.9. The number of aromatic amines is 2. The molecule has 2 N–H and O–H groups in total. The number of amides is 1. The topological polar surface area (TPSA) is 91.1 Å².